The lowest BCUT2D eigenvalue weighted by molar-refractivity contribution is -0.139. The third kappa shape index (κ3) is 5.76. The Morgan fingerprint density at radius 3 is 2.29 bits per heavy atom. The van der Waals surface area contributed by atoms with Crippen LogP contribution in [0, 0.1) is 0 Å². The van der Waals surface area contributed by atoms with E-state index in [4.69, 9.17) is 34.8 Å². The summed E-state index contributed by atoms with van der Waals surface area (Å²) >= 11 is 18.4. The quantitative estimate of drug-likeness (QED) is 0.354. The molecule has 4 rings (SSSR count). The second kappa shape index (κ2) is 9.99. The lowest BCUT2D eigenvalue weighted by Gasteiger charge is -2.25. The number of nitrogens with zero attached hydrogens (tertiary/aromatic N) is 2. The molecule has 0 aliphatic carbocycles. The number of nitrogens with one attached hydrogen (secondary N) is 1. The zero-order valence-corrected chi connectivity index (χ0v) is 20.8. The average Bonchev–Trinajstić information content (AvgIpc) is 3.22. The Balaban J connectivity index is 1.63. The van der Waals surface area contributed by atoms with E-state index in [-0.39, 0.29) is 12.6 Å². The highest BCUT2D eigenvalue weighted by atomic mass is 35.5. The van der Waals surface area contributed by atoms with Crippen molar-refractivity contribution in [1.82, 2.24) is 4.72 Å². The van der Waals surface area contributed by atoms with Gasteiger partial charge >= 0.3 is 6.18 Å². The Labute approximate surface area is 215 Å². The van der Waals surface area contributed by atoms with Crippen LogP contribution in [0.4, 0.5) is 18.9 Å². The molecule has 1 aliphatic rings. The predicted octanol–water partition coefficient (Wildman–Crippen LogP) is 6.95. The molecule has 0 spiro atoms. The number of benzene rings is 3. The summed E-state index contributed by atoms with van der Waals surface area (Å²) in [5.41, 5.74) is 0.541. The van der Waals surface area contributed by atoms with Gasteiger partial charge < -0.3 is 0 Å². The van der Waals surface area contributed by atoms with E-state index in [1.54, 1.807) is 35.3 Å². The summed E-state index contributed by atoms with van der Waals surface area (Å²) in [5, 5.41) is 7.48. The van der Waals surface area contributed by atoms with E-state index in [9.17, 15) is 21.6 Å². The average molecular weight is 563 g/mol. The van der Waals surface area contributed by atoms with Crippen LogP contribution in [0.1, 0.15) is 23.6 Å². The number of sulfonamides is 1. The first kappa shape index (κ1) is 25.8. The highest BCUT2D eigenvalue weighted by Gasteiger charge is 2.37. The number of hydrogen-bond donors (Lipinski definition) is 1. The number of anilines is 1. The van der Waals surface area contributed by atoms with Crippen LogP contribution < -0.4 is 9.73 Å². The molecule has 0 saturated carbocycles. The summed E-state index contributed by atoms with van der Waals surface area (Å²) < 4.78 is 67.8. The number of hydrogen-bond acceptors (Lipinski definition) is 4. The number of hydrazone groups is 1. The molecule has 0 aromatic heterocycles. The number of rotatable bonds is 6. The molecular formula is C23H17Cl3F3N3O2S. The van der Waals surface area contributed by atoms with Gasteiger partial charge in [-0.2, -0.15) is 18.3 Å². The molecule has 3 aromatic carbocycles. The monoisotopic (exact) mass is 561 g/mol. The van der Waals surface area contributed by atoms with E-state index in [1.807, 2.05) is 12.1 Å². The van der Waals surface area contributed by atoms with E-state index in [0.717, 1.165) is 23.8 Å². The fourth-order valence-corrected chi connectivity index (χ4v) is 5.57. The molecule has 0 radical (unpaired) electrons. The second-order valence-corrected chi connectivity index (χ2v) is 10.7. The van der Waals surface area contributed by atoms with Crippen molar-refractivity contribution < 1.29 is 21.6 Å². The highest BCUT2D eigenvalue weighted by molar-refractivity contribution is 7.89. The molecule has 1 aliphatic heterocycles. The van der Waals surface area contributed by atoms with Crippen LogP contribution in [-0.4, -0.2) is 20.7 Å². The highest BCUT2D eigenvalue weighted by Crippen LogP contribution is 2.40. The largest absolute Gasteiger partial charge is 0.417 e. The predicted molar refractivity (Wildman–Crippen MR) is 132 cm³/mol. The van der Waals surface area contributed by atoms with Crippen LogP contribution in [0.2, 0.25) is 15.1 Å². The van der Waals surface area contributed by atoms with Crippen molar-refractivity contribution in [2.45, 2.75) is 23.5 Å². The van der Waals surface area contributed by atoms with Crippen LogP contribution in [0.5, 0.6) is 0 Å². The Kier molecular flexibility index (Phi) is 7.36. The number of halogens is 6. The van der Waals surface area contributed by atoms with Crippen molar-refractivity contribution in [1.29, 1.82) is 0 Å². The smallest absolute Gasteiger partial charge is 0.256 e. The molecule has 1 unspecified atom stereocenters. The third-order valence-electron chi connectivity index (χ3n) is 5.33. The van der Waals surface area contributed by atoms with E-state index in [2.05, 4.69) is 9.82 Å². The van der Waals surface area contributed by atoms with Crippen molar-refractivity contribution >= 4 is 56.2 Å². The molecular weight excluding hydrogens is 546 g/mol. The van der Waals surface area contributed by atoms with Crippen LogP contribution in [-0.2, 0) is 16.2 Å². The van der Waals surface area contributed by atoms with Crippen LogP contribution in [0.15, 0.2) is 76.7 Å². The summed E-state index contributed by atoms with van der Waals surface area (Å²) in [6.45, 7) is -0.291. The van der Waals surface area contributed by atoms with E-state index >= 15 is 0 Å². The minimum atomic E-state index is -4.82. The first-order valence-electron chi connectivity index (χ1n) is 10.2. The summed E-state index contributed by atoms with van der Waals surface area (Å²) in [6, 6.07) is 15.6. The Morgan fingerprint density at radius 2 is 1.63 bits per heavy atom. The molecule has 1 N–H and O–H groups in total. The van der Waals surface area contributed by atoms with Gasteiger partial charge in [-0.25, -0.2) is 13.1 Å². The normalized spacial score (nSPS) is 16.5. The topological polar surface area (TPSA) is 61.8 Å². The maximum absolute atomic E-state index is 13.3. The Bertz CT molecular complexity index is 1380. The van der Waals surface area contributed by atoms with Gasteiger partial charge in [0.1, 0.15) is 0 Å². The Morgan fingerprint density at radius 1 is 0.971 bits per heavy atom. The SMILES string of the molecule is O=S(=O)(NCC1=NN(c2ccc(Cl)cc2Cl)C(c2ccc(Cl)cc2)C1)c1ccccc1C(F)(F)F. The maximum Gasteiger partial charge on any atom is 0.417 e. The van der Waals surface area contributed by atoms with Gasteiger partial charge in [0.25, 0.3) is 0 Å². The lowest BCUT2D eigenvalue weighted by Crippen LogP contribution is -2.30. The molecule has 5 nitrogen and oxygen atoms in total. The van der Waals surface area contributed by atoms with Crippen LogP contribution >= 0.6 is 34.8 Å². The minimum absolute atomic E-state index is 0.291. The summed E-state index contributed by atoms with van der Waals surface area (Å²) in [4.78, 5) is -0.849. The summed E-state index contributed by atoms with van der Waals surface area (Å²) in [6.07, 6.45) is -4.53. The zero-order valence-electron chi connectivity index (χ0n) is 17.7. The fourth-order valence-electron chi connectivity index (χ4n) is 3.70. The van der Waals surface area contributed by atoms with Gasteiger partial charge in [-0.1, -0.05) is 59.1 Å². The molecule has 184 valence electrons. The molecule has 3 aromatic rings. The molecule has 0 saturated heterocycles. The van der Waals surface area contributed by atoms with Gasteiger partial charge in [0.15, 0.2) is 0 Å². The molecule has 35 heavy (non-hydrogen) atoms. The van der Waals surface area contributed by atoms with E-state index in [0.29, 0.717) is 32.9 Å². The van der Waals surface area contributed by atoms with Crippen LogP contribution in [0.25, 0.3) is 0 Å². The summed E-state index contributed by atoms with van der Waals surface area (Å²) in [5.74, 6) is 0. The van der Waals surface area contributed by atoms with Crippen molar-refractivity contribution in [2.24, 2.45) is 5.10 Å². The zero-order chi connectivity index (χ0) is 25.4. The first-order chi connectivity index (χ1) is 16.5. The van der Waals surface area contributed by atoms with Gasteiger partial charge in [0.05, 0.1) is 39.5 Å². The van der Waals surface area contributed by atoms with Gasteiger partial charge in [0, 0.05) is 16.5 Å². The van der Waals surface area contributed by atoms with Crippen molar-refractivity contribution in [3.63, 3.8) is 0 Å². The molecule has 0 fully saturated rings. The molecule has 1 heterocycles. The molecule has 0 bridgehead atoms. The van der Waals surface area contributed by atoms with E-state index in [1.165, 1.54) is 6.07 Å². The summed E-state index contributed by atoms with van der Waals surface area (Å²) in [7, 11) is -4.48. The van der Waals surface area contributed by atoms with Gasteiger partial charge in [-0.3, -0.25) is 5.01 Å². The first-order valence-corrected chi connectivity index (χ1v) is 12.8. The van der Waals surface area contributed by atoms with Crippen molar-refractivity contribution in [3.05, 3.63) is 92.9 Å². The van der Waals surface area contributed by atoms with Crippen LogP contribution in [0.3, 0.4) is 0 Å². The second-order valence-electron chi connectivity index (χ2n) is 7.70. The minimum Gasteiger partial charge on any atom is -0.256 e. The van der Waals surface area contributed by atoms with Crippen molar-refractivity contribution in [2.75, 3.05) is 11.6 Å². The number of alkyl halides is 3. The molecule has 0 amide bonds. The van der Waals surface area contributed by atoms with Crippen molar-refractivity contribution in [3.8, 4) is 0 Å². The third-order valence-corrected chi connectivity index (χ3v) is 7.58. The van der Waals surface area contributed by atoms with Gasteiger partial charge in [-0.05, 0) is 48.0 Å². The maximum atomic E-state index is 13.3. The molecule has 12 heteroatoms. The molecule has 1 atom stereocenters. The lowest BCUT2D eigenvalue weighted by atomic mass is 10.0. The van der Waals surface area contributed by atoms with Gasteiger partial charge in [-0.15, -0.1) is 0 Å². The van der Waals surface area contributed by atoms with E-state index < -0.39 is 26.7 Å². The Hall–Kier alpha value is -2.30. The van der Waals surface area contributed by atoms with Gasteiger partial charge in [0.2, 0.25) is 10.0 Å². The fraction of sp³-hybridized carbons (Fsp3) is 0.174. The standard InChI is InChI=1S/C23H17Cl3F3N3O2S/c24-15-7-5-14(6-8-15)21-12-17(31-32(21)20-10-9-16(25)11-19(20)26)13-30-35(33,34)22-4-2-1-3-18(22)23(27,28)29/h1-11,21,30H,12-13H2.